The highest BCUT2D eigenvalue weighted by molar-refractivity contribution is 7.70. The fourth-order valence-electron chi connectivity index (χ4n) is 1.10. The molecule has 0 saturated carbocycles. The average molecular weight is 182 g/mol. The molecule has 1 atom stereocenters. The molecular formula is C10H15OP. The Morgan fingerprint density at radius 3 is 2.58 bits per heavy atom. The van der Waals surface area contributed by atoms with Crippen LogP contribution in [0.3, 0.4) is 0 Å². The van der Waals surface area contributed by atoms with E-state index in [9.17, 15) is 4.57 Å². The molecule has 0 fully saturated rings. The van der Waals surface area contributed by atoms with E-state index in [0.717, 1.165) is 11.5 Å². The van der Waals surface area contributed by atoms with Crippen molar-refractivity contribution < 1.29 is 4.57 Å². The van der Waals surface area contributed by atoms with Gasteiger partial charge in [-0.05, 0) is 19.7 Å². The van der Waals surface area contributed by atoms with Crippen LogP contribution in [0.25, 0.3) is 0 Å². The van der Waals surface area contributed by atoms with E-state index in [1.165, 1.54) is 5.56 Å². The molecule has 12 heavy (non-hydrogen) atoms. The van der Waals surface area contributed by atoms with Crippen LogP contribution in [0, 0.1) is 6.92 Å². The highest BCUT2D eigenvalue weighted by Gasteiger charge is 2.14. The van der Waals surface area contributed by atoms with Gasteiger partial charge in [-0.1, -0.05) is 30.7 Å². The number of hydrogen-bond acceptors (Lipinski definition) is 1. The number of benzene rings is 1. The first kappa shape index (κ1) is 9.54. The van der Waals surface area contributed by atoms with Gasteiger partial charge in [-0.3, -0.25) is 0 Å². The molecule has 0 N–H and O–H groups in total. The van der Waals surface area contributed by atoms with Gasteiger partial charge in [-0.15, -0.1) is 0 Å². The van der Waals surface area contributed by atoms with E-state index in [1.54, 1.807) is 0 Å². The molecule has 1 unspecified atom stereocenters. The molecule has 1 aromatic carbocycles. The van der Waals surface area contributed by atoms with Crippen molar-refractivity contribution in [3.05, 3.63) is 29.8 Å². The number of hydrogen-bond donors (Lipinski definition) is 0. The van der Waals surface area contributed by atoms with E-state index in [2.05, 4.69) is 0 Å². The summed E-state index contributed by atoms with van der Waals surface area (Å²) in [5.41, 5.74) is 1.18. The predicted octanol–water partition coefficient (Wildman–Crippen LogP) is 2.63. The van der Waals surface area contributed by atoms with E-state index in [-0.39, 0.29) is 0 Å². The van der Waals surface area contributed by atoms with Crippen molar-refractivity contribution in [2.45, 2.75) is 13.8 Å². The molecular weight excluding hydrogens is 167 g/mol. The maximum absolute atomic E-state index is 11.9. The molecule has 0 amide bonds. The summed E-state index contributed by atoms with van der Waals surface area (Å²) in [6.07, 6.45) is 0.746. The lowest BCUT2D eigenvalue weighted by atomic mass is 10.2. The van der Waals surface area contributed by atoms with Gasteiger partial charge in [0, 0.05) is 11.5 Å². The fourth-order valence-corrected chi connectivity index (χ4v) is 2.35. The summed E-state index contributed by atoms with van der Waals surface area (Å²) in [5.74, 6) is 0. The van der Waals surface area contributed by atoms with Crippen LogP contribution in [0.1, 0.15) is 12.5 Å². The lowest BCUT2D eigenvalue weighted by Gasteiger charge is -2.10. The Kier molecular flexibility index (Phi) is 2.74. The van der Waals surface area contributed by atoms with Crippen LogP contribution in [0.15, 0.2) is 24.3 Å². The quantitative estimate of drug-likeness (QED) is 0.642. The van der Waals surface area contributed by atoms with Crippen molar-refractivity contribution in [3.63, 3.8) is 0 Å². The molecule has 0 aromatic heterocycles. The summed E-state index contributed by atoms with van der Waals surface area (Å²) in [6.45, 7) is 5.85. The third-order valence-corrected chi connectivity index (χ3v) is 4.73. The number of aryl methyl sites for hydroxylation is 1. The third kappa shape index (κ3) is 1.98. The second kappa shape index (κ2) is 3.45. The van der Waals surface area contributed by atoms with Crippen molar-refractivity contribution in [1.82, 2.24) is 0 Å². The van der Waals surface area contributed by atoms with E-state index in [1.807, 2.05) is 44.8 Å². The molecule has 0 spiro atoms. The van der Waals surface area contributed by atoms with Gasteiger partial charge in [0.05, 0.1) is 0 Å². The van der Waals surface area contributed by atoms with Crippen LogP contribution in [-0.4, -0.2) is 12.8 Å². The zero-order valence-corrected chi connectivity index (χ0v) is 8.77. The Hall–Kier alpha value is -0.550. The van der Waals surface area contributed by atoms with Gasteiger partial charge in [-0.2, -0.15) is 0 Å². The SMILES string of the molecule is CCP(C)(=O)c1cccc(C)c1. The Morgan fingerprint density at radius 2 is 2.08 bits per heavy atom. The lowest BCUT2D eigenvalue weighted by Crippen LogP contribution is -2.05. The van der Waals surface area contributed by atoms with Gasteiger partial charge in [0.1, 0.15) is 7.14 Å². The predicted molar refractivity (Wildman–Crippen MR) is 54.9 cm³/mol. The molecule has 0 aliphatic heterocycles. The van der Waals surface area contributed by atoms with Gasteiger partial charge in [-0.25, -0.2) is 0 Å². The smallest absolute Gasteiger partial charge is 0.112 e. The van der Waals surface area contributed by atoms with Gasteiger partial charge in [0.25, 0.3) is 0 Å². The first-order valence-corrected chi connectivity index (χ1v) is 6.54. The zero-order valence-electron chi connectivity index (χ0n) is 7.87. The molecule has 1 nitrogen and oxygen atoms in total. The molecule has 0 aliphatic rings. The van der Waals surface area contributed by atoms with E-state index in [4.69, 9.17) is 0 Å². The molecule has 0 saturated heterocycles. The molecule has 0 bridgehead atoms. The van der Waals surface area contributed by atoms with Crippen LogP contribution in [0.5, 0.6) is 0 Å². The van der Waals surface area contributed by atoms with Gasteiger partial charge in [0.15, 0.2) is 0 Å². The first-order valence-electron chi connectivity index (χ1n) is 4.20. The standard InChI is InChI=1S/C10H15OP/c1-4-12(3,11)10-7-5-6-9(2)8-10/h5-8H,4H2,1-3H3. The lowest BCUT2D eigenvalue weighted by molar-refractivity contribution is 0.585. The maximum atomic E-state index is 11.9. The first-order chi connectivity index (χ1) is 5.56. The molecule has 0 aliphatic carbocycles. The van der Waals surface area contributed by atoms with Crippen LogP contribution in [-0.2, 0) is 4.57 Å². The zero-order chi connectivity index (χ0) is 9.19. The van der Waals surface area contributed by atoms with Gasteiger partial charge < -0.3 is 4.57 Å². The van der Waals surface area contributed by atoms with Gasteiger partial charge >= 0.3 is 0 Å². The Morgan fingerprint density at radius 1 is 1.42 bits per heavy atom. The third-order valence-electron chi connectivity index (χ3n) is 2.15. The van der Waals surface area contributed by atoms with Crippen LogP contribution in [0.4, 0.5) is 0 Å². The minimum Gasteiger partial charge on any atom is -0.319 e. The van der Waals surface area contributed by atoms with Crippen molar-refractivity contribution in [2.75, 3.05) is 12.8 Å². The van der Waals surface area contributed by atoms with E-state index < -0.39 is 7.14 Å². The second-order valence-corrected chi connectivity index (χ2v) is 6.61. The molecule has 66 valence electrons. The summed E-state index contributed by atoms with van der Waals surface area (Å²) >= 11 is 0. The average Bonchev–Trinajstić information content (AvgIpc) is 2.05. The summed E-state index contributed by atoms with van der Waals surface area (Å²) in [4.78, 5) is 0. The highest BCUT2D eigenvalue weighted by atomic mass is 31.2. The maximum Gasteiger partial charge on any atom is 0.112 e. The largest absolute Gasteiger partial charge is 0.319 e. The van der Waals surface area contributed by atoms with Crippen LogP contribution >= 0.6 is 7.14 Å². The normalized spacial score (nSPS) is 15.6. The van der Waals surface area contributed by atoms with Crippen LogP contribution in [0.2, 0.25) is 0 Å². The van der Waals surface area contributed by atoms with Gasteiger partial charge in [0.2, 0.25) is 0 Å². The summed E-state index contributed by atoms with van der Waals surface area (Å²) < 4.78 is 11.9. The highest BCUT2D eigenvalue weighted by Crippen LogP contribution is 2.38. The van der Waals surface area contributed by atoms with Crippen molar-refractivity contribution >= 4 is 12.4 Å². The topological polar surface area (TPSA) is 17.1 Å². The summed E-state index contributed by atoms with van der Waals surface area (Å²) in [6, 6.07) is 7.97. The summed E-state index contributed by atoms with van der Waals surface area (Å²) in [7, 11) is -2.05. The number of rotatable bonds is 2. The second-order valence-electron chi connectivity index (χ2n) is 3.26. The molecule has 0 heterocycles. The summed E-state index contributed by atoms with van der Waals surface area (Å²) in [5, 5.41) is 1.00. The Bertz CT molecular complexity index is 317. The monoisotopic (exact) mass is 182 g/mol. The van der Waals surface area contributed by atoms with E-state index in [0.29, 0.717) is 0 Å². The van der Waals surface area contributed by atoms with Crippen molar-refractivity contribution in [1.29, 1.82) is 0 Å². The Balaban J connectivity index is 3.12. The van der Waals surface area contributed by atoms with E-state index >= 15 is 0 Å². The molecule has 2 heteroatoms. The van der Waals surface area contributed by atoms with Crippen LogP contribution < -0.4 is 5.30 Å². The minimum atomic E-state index is -2.05. The molecule has 1 rings (SSSR count). The molecule has 0 radical (unpaired) electrons. The minimum absolute atomic E-state index is 0.746. The Labute approximate surface area is 74.2 Å². The van der Waals surface area contributed by atoms with Crippen molar-refractivity contribution in [3.8, 4) is 0 Å². The fraction of sp³-hybridized carbons (Fsp3) is 0.400. The molecule has 1 aromatic rings. The van der Waals surface area contributed by atoms with Crippen molar-refractivity contribution in [2.24, 2.45) is 0 Å².